The zero-order valence-corrected chi connectivity index (χ0v) is 15.9. The highest BCUT2D eigenvalue weighted by Crippen LogP contribution is 2.27. The van der Waals surface area contributed by atoms with Gasteiger partial charge in [0, 0.05) is 16.0 Å². The summed E-state index contributed by atoms with van der Waals surface area (Å²) in [5.41, 5.74) is 0.840. The van der Waals surface area contributed by atoms with E-state index in [0.29, 0.717) is 5.58 Å². The van der Waals surface area contributed by atoms with Crippen LogP contribution in [-0.2, 0) is 4.79 Å². The molecule has 3 nitrogen and oxygen atoms in total. The highest BCUT2D eigenvalue weighted by molar-refractivity contribution is 8.14. The van der Waals surface area contributed by atoms with Gasteiger partial charge in [0.25, 0.3) is 0 Å². The maximum atomic E-state index is 11.7. The average Bonchev–Trinajstić information content (AvgIpc) is 2.58. The van der Waals surface area contributed by atoms with E-state index in [9.17, 15) is 9.59 Å². The van der Waals surface area contributed by atoms with Crippen LogP contribution in [0.4, 0.5) is 0 Å². The van der Waals surface area contributed by atoms with Crippen molar-refractivity contribution < 1.29 is 9.21 Å². The fourth-order valence-corrected chi connectivity index (χ4v) is 3.95. The first kappa shape index (κ1) is 19.2. The van der Waals surface area contributed by atoms with Gasteiger partial charge in [-0.15, -0.1) is 11.8 Å². The molecule has 2 aromatic rings. The van der Waals surface area contributed by atoms with E-state index in [2.05, 4.69) is 6.58 Å². The number of benzene rings is 1. The molecule has 0 saturated heterocycles. The van der Waals surface area contributed by atoms with E-state index in [-0.39, 0.29) is 10.1 Å². The summed E-state index contributed by atoms with van der Waals surface area (Å²) in [4.78, 5) is 23.8. The molecule has 6 heteroatoms. The van der Waals surface area contributed by atoms with Crippen molar-refractivity contribution in [3.05, 3.63) is 51.9 Å². The van der Waals surface area contributed by atoms with Gasteiger partial charge in [-0.1, -0.05) is 36.4 Å². The molecule has 0 radical (unpaired) electrons. The van der Waals surface area contributed by atoms with Crippen molar-refractivity contribution >= 4 is 51.2 Å². The Labute approximate surface area is 154 Å². The third-order valence-electron chi connectivity index (χ3n) is 3.54. The van der Waals surface area contributed by atoms with Crippen LogP contribution in [0.2, 0.25) is 5.02 Å². The van der Waals surface area contributed by atoms with Crippen molar-refractivity contribution in [2.75, 3.05) is 11.5 Å². The molecule has 0 fully saturated rings. The van der Waals surface area contributed by atoms with Crippen molar-refractivity contribution in [2.45, 2.75) is 31.1 Å². The van der Waals surface area contributed by atoms with Gasteiger partial charge in [-0.3, -0.25) is 4.79 Å². The highest BCUT2D eigenvalue weighted by Gasteiger charge is 2.09. The fourth-order valence-electron chi connectivity index (χ4n) is 2.21. The van der Waals surface area contributed by atoms with Crippen LogP contribution in [0.15, 0.2) is 45.0 Å². The molecule has 24 heavy (non-hydrogen) atoms. The maximum absolute atomic E-state index is 11.7. The first-order valence-corrected chi connectivity index (χ1v) is 10.0. The molecule has 2 rings (SSSR count). The zero-order valence-electron chi connectivity index (χ0n) is 13.5. The molecule has 1 heterocycles. The molecule has 0 aliphatic heterocycles. The van der Waals surface area contributed by atoms with Gasteiger partial charge in [-0.2, -0.15) is 0 Å². The maximum Gasteiger partial charge on any atom is 0.355 e. The summed E-state index contributed by atoms with van der Waals surface area (Å²) in [6.07, 6.45) is 4.54. The third kappa shape index (κ3) is 5.16. The number of fused-ring (bicyclic) bond motifs is 1. The van der Waals surface area contributed by atoms with Crippen molar-refractivity contribution in [3.8, 4) is 0 Å². The standard InChI is InChI=1S/C18H19ClO3S2/c1-3-16(20)24-10-6-4-5-9-23-13-7-8-14-12(2)17(19)18(21)22-15(14)11-13/h3,7-8,11H,1,4-6,9-10H2,2H3. The summed E-state index contributed by atoms with van der Waals surface area (Å²) in [5.74, 6) is 1.83. The van der Waals surface area contributed by atoms with Crippen LogP contribution in [0.1, 0.15) is 24.8 Å². The molecular weight excluding hydrogens is 364 g/mol. The minimum Gasteiger partial charge on any atom is -0.422 e. The van der Waals surface area contributed by atoms with Crippen LogP contribution in [-0.4, -0.2) is 16.6 Å². The van der Waals surface area contributed by atoms with Crippen LogP contribution < -0.4 is 5.63 Å². The second kappa shape index (κ2) is 9.35. The van der Waals surface area contributed by atoms with Gasteiger partial charge in [0.1, 0.15) is 10.6 Å². The third-order valence-corrected chi connectivity index (χ3v) is 6.00. The molecule has 0 unspecified atom stereocenters. The SMILES string of the molecule is C=CC(=O)SCCCCCSc1ccc2c(C)c(Cl)c(=O)oc2c1. The predicted molar refractivity (Wildman–Crippen MR) is 104 cm³/mol. The summed E-state index contributed by atoms with van der Waals surface area (Å²) in [6, 6.07) is 5.86. The van der Waals surface area contributed by atoms with Gasteiger partial charge in [0.15, 0.2) is 0 Å². The van der Waals surface area contributed by atoms with Gasteiger partial charge in [-0.25, -0.2) is 4.79 Å². The normalized spacial score (nSPS) is 10.9. The molecule has 0 amide bonds. The number of hydrogen-bond acceptors (Lipinski definition) is 5. The van der Waals surface area contributed by atoms with Crippen LogP contribution in [0.25, 0.3) is 11.0 Å². The second-order valence-corrected chi connectivity index (χ2v) is 7.91. The van der Waals surface area contributed by atoms with Gasteiger partial charge in [0.05, 0.1) is 0 Å². The molecule has 0 saturated carbocycles. The molecule has 0 bridgehead atoms. The fraction of sp³-hybridized carbons (Fsp3) is 0.333. The number of unbranched alkanes of at least 4 members (excludes halogenated alkanes) is 2. The number of halogens is 1. The van der Waals surface area contributed by atoms with Gasteiger partial charge < -0.3 is 4.42 Å². The number of thioether (sulfide) groups is 2. The van der Waals surface area contributed by atoms with Crippen molar-refractivity contribution in [2.24, 2.45) is 0 Å². The minimum atomic E-state index is -0.490. The van der Waals surface area contributed by atoms with E-state index >= 15 is 0 Å². The molecule has 0 aliphatic rings. The van der Waals surface area contributed by atoms with Gasteiger partial charge in [0.2, 0.25) is 5.12 Å². The van der Waals surface area contributed by atoms with E-state index in [1.54, 1.807) is 11.8 Å². The number of hydrogen-bond donors (Lipinski definition) is 0. The Morgan fingerprint density at radius 2 is 2.04 bits per heavy atom. The molecule has 1 aromatic carbocycles. The first-order valence-electron chi connectivity index (χ1n) is 7.68. The van der Waals surface area contributed by atoms with E-state index in [1.807, 2.05) is 25.1 Å². The molecule has 0 atom stereocenters. The largest absolute Gasteiger partial charge is 0.422 e. The van der Waals surface area contributed by atoms with E-state index in [1.165, 1.54) is 17.8 Å². The van der Waals surface area contributed by atoms with Crippen molar-refractivity contribution in [1.29, 1.82) is 0 Å². The second-order valence-electron chi connectivity index (χ2n) is 5.27. The molecule has 0 spiro atoms. The molecule has 128 valence electrons. The van der Waals surface area contributed by atoms with Crippen LogP contribution >= 0.6 is 35.1 Å². The molecule has 0 N–H and O–H groups in total. The Hall–Kier alpha value is -1.17. The highest BCUT2D eigenvalue weighted by atomic mass is 35.5. The van der Waals surface area contributed by atoms with Gasteiger partial charge >= 0.3 is 5.63 Å². The number of rotatable bonds is 8. The average molecular weight is 383 g/mol. The lowest BCUT2D eigenvalue weighted by atomic mass is 10.1. The lowest BCUT2D eigenvalue weighted by Gasteiger charge is -2.06. The summed E-state index contributed by atoms with van der Waals surface area (Å²) < 4.78 is 5.26. The van der Waals surface area contributed by atoms with Crippen LogP contribution in [0.3, 0.4) is 0 Å². The Bertz CT molecular complexity index is 799. The monoisotopic (exact) mass is 382 g/mol. The first-order chi connectivity index (χ1) is 11.5. The predicted octanol–water partition coefficient (Wildman–Crippen LogP) is 5.46. The molecule has 0 aliphatic carbocycles. The Morgan fingerprint density at radius 1 is 1.29 bits per heavy atom. The number of aryl methyl sites for hydroxylation is 1. The van der Waals surface area contributed by atoms with Crippen molar-refractivity contribution in [3.63, 3.8) is 0 Å². The quantitative estimate of drug-likeness (QED) is 0.262. The van der Waals surface area contributed by atoms with E-state index in [4.69, 9.17) is 16.0 Å². The lowest BCUT2D eigenvalue weighted by molar-refractivity contribution is -0.107. The Morgan fingerprint density at radius 3 is 2.79 bits per heavy atom. The van der Waals surface area contributed by atoms with Crippen LogP contribution in [0.5, 0.6) is 0 Å². The number of carbonyl (C=O) groups excluding carboxylic acids is 1. The summed E-state index contributed by atoms with van der Waals surface area (Å²) in [7, 11) is 0. The van der Waals surface area contributed by atoms with E-state index < -0.39 is 5.63 Å². The summed E-state index contributed by atoms with van der Waals surface area (Å²) >= 11 is 8.98. The topological polar surface area (TPSA) is 47.3 Å². The Balaban J connectivity index is 1.83. The number of carbonyl (C=O) groups is 1. The smallest absolute Gasteiger partial charge is 0.355 e. The molecule has 1 aromatic heterocycles. The minimum absolute atomic E-state index is 0.0393. The molecular formula is C18H19ClO3S2. The lowest BCUT2D eigenvalue weighted by Crippen LogP contribution is -2.01. The van der Waals surface area contributed by atoms with Crippen molar-refractivity contribution in [1.82, 2.24) is 0 Å². The zero-order chi connectivity index (χ0) is 17.5. The summed E-state index contributed by atoms with van der Waals surface area (Å²) in [5, 5.41) is 1.06. The Kier molecular flexibility index (Phi) is 7.46. The summed E-state index contributed by atoms with van der Waals surface area (Å²) in [6.45, 7) is 5.27. The van der Waals surface area contributed by atoms with Gasteiger partial charge in [-0.05, 0) is 55.4 Å². The van der Waals surface area contributed by atoms with E-state index in [0.717, 1.165) is 46.6 Å². The van der Waals surface area contributed by atoms with Crippen LogP contribution in [0, 0.1) is 6.92 Å².